The lowest BCUT2D eigenvalue weighted by molar-refractivity contribution is -0.595. The van der Waals surface area contributed by atoms with E-state index in [2.05, 4.69) is 21.3 Å². The molecule has 0 saturated carbocycles. The third-order valence-corrected chi connectivity index (χ3v) is 5.20. The topological polar surface area (TPSA) is 88.5 Å². The lowest BCUT2D eigenvalue weighted by Crippen LogP contribution is -3.00. The highest BCUT2D eigenvalue weighted by atomic mass is 35.5. The van der Waals surface area contributed by atoms with Gasteiger partial charge in [-0.1, -0.05) is 94.1 Å². The van der Waals surface area contributed by atoms with Gasteiger partial charge in [-0.05, 0) is 48.5 Å². The fourth-order valence-electron chi connectivity index (χ4n) is 3.48. The van der Waals surface area contributed by atoms with Gasteiger partial charge < -0.3 is 24.8 Å². The normalized spacial score (nSPS) is 14.0. The van der Waals surface area contributed by atoms with Gasteiger partial charge in [-0.25, -0.2) is 0 Å². The Labute approximate surface area is 222 Å². The first-order chi connectivity index (χ1) is 16.9. The summed E-state index contributed by atoms with van der Waals surface area (Å²) in [5.41, 5.74) is 14.3. The Morgan fingerprint density at radius 2 is 0.750 bits per heavy atom. The molecule has 0 saturated heterocycles. The molecule has 0 radical (unpaired) electrons. The van der Waals surface area contributed by atoms with Crippen LogP contribution < -0.4 is 57.0 Å². The van der Waals surface area contributed by atoms with Crippen molar-refractivity contribution >= 4 is 23.0 Å². The van der Waals surface area contributed by atoms with E-state index in [-0.39, 0.29) is 24.8 Å². The molecule has 4 aromatic rings. The first-order valence-electron chi connectivity index (χ1n) is 11.0. The lowest BCUT2D eigenvalue weighted by Gasteiger charge is -2.08. The first kappa shape index (κ1) is 26.8. The predicted molar refractivity (Wildman–Crippen MR) is 134 cm³/mol. The molecule has 10 heteroatoms. The Balaban J connectivity index is 0.000000190. The largest absolute Gasteiger partial charge is 1.00 e. The maximum Gasteiger partial charge on any atom is 0.271 e. The van der Waals surface area contributed by atoms with Gasteiger partial charge in [0.05, 0.1) is 22.5 Å². The van der Waals surface area contributed by atoms with E-state index < -0.39 is 0 Å². The molecule has 2 aliphatic rings. The summed E-state index contributed by atoms with van der Waals surface area (Å²) < 4.78 is 0. The minimum absolute atomic E-state index is 0. The van der Waals surface area contributed by atoms with Crippen LogP contribution in [0.5, 0.6) is 0 Å². The van der Waals surface area contributed by atoms with Crippen LogP contribution in [0.2, 0.25) is 0 Å². The molecule has 36 heavy (non-hydrogen) atoms. The number of hydrazone groups is 2. The summed E-state index contributed by atoms with van der Waals surface area (Å²) in [6.45, 7) is 0. The molecule has 4 aromatic carbocycles. The molecule has 6 N–H and O–H groups in total. The van der Waals surface area contributed by atoms with Gasteiger partial charge in [0.2, 0.25) is 0 Å². The molecule has 0 fully saturated rings. The zero-order valence-electron chi connectivity index (χ0n) is 19.2. The van der Waals surface area contributed by atoms with Gasteiger partial charge in [0.25, 0.3) is 11.7 Å². The molecule has 8 nitrogen and oxygen atoms in total. The summed E-state index contributed by atoms with van der Waals surface area (Å²) in [6.07, 6.45) is 0. The van der Waals surface area contributed by atoms with Crippen LogP contribution in [0.4, 0.5) is 11.4 Å². The quantitative estimate of drug-likeness (QED) is 0.205. The number of para-hydroxylation sites is 2. The fourth-order valence-corrected chi connectivity index (χ4v) is 3.48. The van der Waals surface area contributed by atoms with Crippen LogP contribution in [0.15, 0.2) is 132 Å². The average molecular weight is 521 g/mol. The van der Waals surface area contributed by atoms with E-state index in [9.17, 15) is 0 Å². The van der Waals surface area contributed by atoms with Crippen molar-refractivity contribution in [2.24, 2.45) is 10.2 Å². The van der Waals surface area contributed by atoms with Gasteiger partial charge in [-0.15, -0.1) is 10.2 Å². The summed E-state index contributed by atoms with van der Waals surface area (Å²) >= 11 is 0. The summed E-state index contributed by atoms with van der Waals surface area (Å²) in [5, 5.41) is 12.6. The zero-order chi connectivity index (χ0) is 23.0. The van der Waals surface area contributed by atoms with Crippen LogP contribution in [-0.2, 0) is 0 Å². The second-order valence-corrected chi connectivity index (χ2v) is 7.54. The number of nitrogens with zero attached hydrogens (tertiary/aromatic N) is 4. The Morgan fingerprint density at radius 3 is 1.08 bits per heavy atom. The van der Waals surface area contributed by atoms with Crippen molar-refractivity contribution in [3.63, 3.8) is 0 Å². The average Bonchev–Trinajstić information content (AvgIpc) is 3.62. The third kappa shape index (κ3) is 6.67. The Morgan fingerprint density at radius 1 is 0.444 bits per heavy atom. The number of hydrogen-bond donors (Lipinski definition) is 4. The van der Waals surface area contributed by atoms with Gasteiger partial charge in [0.1, 0.15) is 0 Å². The van der Waals surface area contributed by atoms with E-state index in [0.717, 1.165) is 34.2 Å². The van der Waals surface area contributed by atoms with E-state index in [1.54, 1.807) is 10.2 Å². The smallest absolute Gasteiger partial charge is 0.271 e. The summed E-state index contributed by atoms with van der Waals surface area (Å²) in [7, 11) is 0. The number of benzene rings is 4. The van der Waals surface area contributed by atoms with Gasteiger partial charge in [-0.2, -0.15) is 10.9 Å². The van der Waals surface area contributed by atoms with E-state index in [1.807, 2.05) is 132 Å². The number of hydrogen-bond acceptors (Lipinski definition) is 6. The minimum Gasteiger partial charge on any atom is -1.00 e. The van der Waals surface area contributed by atoms with Gasteiger partial charge in [0, 0.05) is 0 Å². The molecule has 0 unspecified atom stereocenters. The standard InChI is InChI=1S/2C13H12N4.2ClH/c2*1-3-7-11(8-4-1)13-14-16-17(15-13)12-9-5-2-6-10-12;;/h2*1-10,16H,(H,14,15);2*1H. The van der Waals surface area contributed by atoms with Gasteiger partial charge in [-0.3, -0.25) is 0 Å². The van der Waals surface area contributed by atoms with Crippen molar-refractivity contribution < 1.29 is 35.7 Å². The number of quaternary nitrogens is 2. The van der Waals surface area contributed by atoms with Crippen molar-refractivity contribution in [1.29, 1.82) is 0 Å². The van der Waals surface area contributed by atoms with Gasteiger partial charge >= 0.3 is 0 Å². The summed E-state index contributed by atoms with van der Waals surface area (Å²) in [6, 6.07) is 40.2. The highest BCUT2D eigenvalue weighted by molar-refractivity contribution is 5.93. The van der Waals surface area contributed by atoms with Crippen molar-refractivity contribution in [2.45, 2.75) is 0 Å². The molecule has 0 spiro atoms. The number of halogens is 2. The molecule has 0 amide bonds. The van der Waals surface area contributed by atoms with Crippen molar-refractivity contribution in [3.8, 4) is 0 Å². The number of hydrazine groups is 2. The number of amidine groups is 2. The van der Waals surface area contributed by atoms with E-state index in [0.29, 0.717) is 0 Å². The molecule has 2 heterocycles. The number of anilines is 2. The molecule has 0 aromatic heterocycles. The Hall–Kier alpha value is -3.76. The molecule has 2 aliphatic heterocycles. The maximum atomic E-state index is 4.51. The molecule has 0 aliphatic carbocycles. The van der Waals surface area contributed by atoms with E-state index in [1.165, 1.54) is 0 Å². The van der Waals surface area contributed by atoms with Crippen LogP contribution in [-0.4, -0.2) is 11.7 Å². The summed E-state index contributed by atoms with van der Waals surface area (Å²) in [5.74, 6) is 1.88. The fraction of sp³-hybridized carbons (Fsp3) is 0. The molecule has 0 atom stereocenters. The second-order valence-electron chi connectivity index (χ2n) is 7.54. The van der Waals surface area contributed by atoms with Crippen molar-refractivity contribution in [3.05, 3.63) is 132 Å². The van der Waals surface area contributed by atoms with Gasteiger partial charge in [0.15, 0.2) is 0 Å². The monoisotopic (exact) mass is 520 g/mol. The predicted octanol–water partition coefficient (Wildman–Crippen LogP) is -4.29. The number of nitrogens with one attached hydrogen (secondary N) is 2. The van der Waals surface area contributed by atoms with Crippen LogP contribution in [0, 0.1) is 0 Å². The third-order valence-electron chi connectivity index (χ3n) is 5.20. The minimum atomic E-state index is 0. The summed E-state index contributed by atoms with van der Waals surface area (Å²) in [4.78, 5) is 0. The van der Waals surface area contributed by atoms with E-state index in [4.69, 9.17) is 0 Å². The van der Waals surface area contributed by atoms with Crippen molar-refractivity contribution in [2.75, 3.05) is 10.2 Å². The second kappa shape index (κ2) is 13.4. The maximum absolute atomic E-state index is 4.51. The molecule has 184 valence electrons. The molecular formula is C26H26Cl2N8. The number of nitrogens with two attached hydrogens (primary N) is 2. The van der Waals surface area contributed by atoms with Crippen LogP contribution in [0.3, 0.4) is 0 Å². The Bertz CT molecular complexity index is 1160. The highest BCUT2D eigenvalue weighted by Crippen LogP contribution is 2.13. The zero-order valence-corrected chi connectivity index (χ0v) is 20.8. The lowest BCUT2D eigenvalue weighted by atomic mass is 10.2. The number of rotatable bonds is 4. The molecule has 6 rings (SSSR count). The SMILES string of the molecule is [Cl-].[Cl-].c1ccc(C2=NN(c3ccccc3)N[NH2+]2)cc1.c1ccc(C2=NN(c3ccccc3)N[NH2+]2)cc1. The highest BCUT2D eigenvalue weighted by Gasteiger charge is 2.21. The van der Waals surface area contributed by atoms with Crippen LogP contribution >= 0.6 is 0 Å². The van der Waals surface area contributed by atoms with Crippen LogP contribution in [0.25, 0.3) is 0 Å². The molecular weight excluding hydrogens is 495 g/mol. The van der Waals surface area contributed by atoms with E-state index >= 15 is 0 Å². The van der Waals surface area contributed by atoms with Crippen molar-refractivity contribution in [1.82, 2.24) is 11.1 Å². The molecule has 0 bridgehead atoms. The first-order valence-corrected chi connectivity index (χ1v) is 11.0. The van der Waals surface area contributed by atoms with Crippen LogP contribution in [0.1, 0.15) is 11.1 Å². The Kier molecular flexibility index (Phi) is 9.96.